The normalized spacial score (nSPS) is 13.1. The number of hydrogen-bond acceptors (Lipinski definition) is 5. The second-order valence-corrected chi connectivity index (χ2v) is 5.64. The summed E-state index contributed by atoms with van der Waals surface area (Å²) >= 11 is 4.01. The van der Waals surface area contributed by atoms with Gasteiger partial charge in [0.1, 0.15) is 11.5 Å². The van der Waals surface area contributed by atoms with E-state index in [-0.39, 0.29) is 29.3 Å². The molecule has 2 aromatic rings. The number of carboxylic acids is 1. The molecule has 120 valence electrons. The molecule has 0 fully saturated rings. The van der Waals surface area contributed by atoms with Crippen molar-refractivity contribution in [3.8, 4) is 11.5 Å². The predicted octanol–water partition coefficient (Wildman–Crippen LogP) is 3.12. The summed E-state index contributed by atoms with van der Waals surface area (Å²) in [5.74, 6) is -1.73. The van der Waals surface area contributed by atoms with Gasteiger partial charge in [0, 0.05) is 18.1 Å². The number of phenolic OH excluding ortho intramolecular Hbond substituents is 1. The first-order chi connectivity index (χ1) is 10.9. The van der Waals surface area contributed by atoms with Crippen molar-refractivity contribution in [1.82, 2.24) is 0 Å². The molecule has 0 spiro atoms. The van der Waals surface area contributed by atoms with Crippen LogP contribution in [0.1, 0.15) is 29.3 Å². The highest BCUT2D eigenvalue weighted by Gasteiger charge is 2.35. The van der Waals surface area contributed by atoms with Gasteiger partial charge in [0.05, 0.1) is 5.56 Å². The summed E-state index contributed by atoms with van der Waals surface area (Å²) in [5.41, 5.74) is 0.555. The van der Waals surface area contributed by atoms with Gasteiger partial charge in [-0.1, -0.05) is 37.3 Å². The number of hydrogen-bond donors (Lipinski definition) is 3. The number of benzene rings is 2. The molecule has 0 bridgehead atoms. The van der Waals surface area contributed by atoms with E-state index in [0.717, 1.165) is 0 Å². The fourth-order valence-electron chi connectivity index (χ4n) is 1.97. The van der Waals surface area contributed by atoms with Crippen LogP contribution < -0.4 is 4.74 Å². The average Bonchev–Trinajstić information content (AvgIpc) is 2.55. The van der Waals surface area contributed by atoms with Gasteiger partial charge in [-0.25, -0.2) is 4.79 Å². The summed E-state index contributed by atoms with van der Waals surface area (Å²) in [7, 11) is 0. The molecule has 0 heterocycles. The van der Waals surface area contributed by atoms with Crippen molar-refractivity contribution in [2.75, 3.05) is 0 Å². The number of phenols is 1. The molecule has 2 rings (SSSR count). The minimum atomic E-state index is -1.70. The van der Waals surface area contributed by atoms with Crippen LogP contribution in [0.2, 0.25) is 0 Å². The average molecular weight is 332 g/mol. The number of carbonyl (C=O) groups is 2. The zero-order chi connectivity index (χ0) is 17.0. The van der Waals surface area contributed by atoms with Crippen molar-refractivity contribution >= 4 is 24.4 Å². The highest BCUT2D eigenvalue weighted by Crippen LogP contribution is 2.30. The van der Waals surface area contributed by atoms with E-state index in [4.69, 9.17) is 9.84 Å². The van der Waals surface area contributed by atoms with E-state index in [0.29, 0.717) is 5.56 Å². The Morgan fingerprint density at radius 2 is 1.83 bits per heavy atom. The smallest absolute Gasteiger partial charge is 0.358 e. The molecule has 23 heavy (non-hydrogen) atoms. The van der Waals surface area contributed by atoms with Crippen LogP contribution in [-0.2, 0) is 4.79 Å². The van der Waals surface area contributed by atoms with E-state index in [1.807, 2.05) is 0 Å². The first kappa shape index (κ1) is 16.9. The molecule has 0 amide bonds. The molecule has 0 radical (unpaired) electrons. The minimum Gasteiger partial charge on any atom is -0.507 e. The zero-order valence-corrected chi connectivity index (χ0v) is 13.3. The van der Waals surface area contributed by atoms with E-state index < -0.39 is 10.9 Å². The van der Waals surface area contributed by atoms with Gasteiger partial charge >= 0.3 is 5.97 Å². The SMILES string of the molecule is CCC(S)(Oc1ccc(C(=O)c2ccccc2)c(O)c1)C(=O)O. The summed E-state index contributed by atoms with van der Waals surface area (Å²) in [6, 6.07) is 12.6. The third-order valence-electron chi connectivity index (χ3n) is 3.35. The largest absolute Gasteiger partial charge is 0.507 e. The second kappa shape index (κ2) is 6.75. The Hall–Kier alpha value is -2.47. The van der Waals surface area contributed by atoms with Crippen molar-refractivity contribution in [2.24, 2.45) is 0 Å². The van der Waals surface area contributed by atoms with Crippen molar-refractivity contribution in [3.05, 3.63) is 59.7 Å². The lowest BCUT2D eigenvalue weighted by Crippen LogP contribution is -2.38. The van der Waals surface area contributed by atoms with Crippen molar-refractivity contribution in [3.63, 3.8) is 0 Å². The van der Waals surface area contributed by atoms with Crippen molar-refractivity contribution in [2.45, 2.75) is 18.3 Å². The molecular weight excluding hydrogens is 316 g/mol. The Balaban J connectivity index is 2.28. The van der Waals surface area contributed by atoms with Crippen LogP contribution in [0.3, 0.4) is 0 Å². The van der Waals surface area contributed by atoms with Gasteiger partial charge in [0.25, 0.3) is 0 Å². The summed E-state index contributed by atoms with van der Waals surface area (Å²) in [6.07, 6.45) is 0.122. The van der Waals surface area contributed by atoms with Gasteiger partial charge in [-0.05, 0) is 12.1 Å². The molecule has 2 aromatic carbocycles. The summed E-state index contributed by atoms with van der Waals surface area (Å²) in [6.45, 7) is 1.62. The van der Waals surface area contributed by atoms with Gasteiger partial charge in [-0.3, -0.25) is 4.79 Å². The van der Waals surface area contributed by atoms with Crippen LogP contribution in [-0.4, -0.2) is 26.9 Å². The Kier molecular flexibility index (Phi) is 4.95. The summed E-state index contributed by atoms with van der Waals surface area (Å²) in [4.78, 5) is 21.8. The topological polar surface area (TPSA) is 83.8 Å². The molecule has 1 atom stereocenters. The third kappa shape index (κ3) is 3.65. The van der Waals surface area contributed by atoms with Crippen LogP contribution in [0.25, 0.3) is 0 Å². The molecule has 5 nitrogen and oxygen atoms in total. The molecule has 0 saturated heterocycles. The van der Waals surface area contributed by atoms with Crippen LogP contribution in [0.5, 0.6) is 11.5 Å². The first-order valence-electron chi connectivity index (χ1n) is 6.95. The van der Waals surface area contributed by atoms with Gasteiger partial charge in [-0.2, -0.15) is 0 Å². The van der Waals surface area contributed by atoms with E-state index >= 15 is 0 Å². The lowest BCUT2D eigenvalue weighted by molar-refractivity contribution is -0.147. The number of aliphatic carboxylic acids is 1. The Morgan fingerprint density at radius 1 is 1.17 bits per heavy atom. The van der Waals surface area contributed by atoms with Crippen LogP contribution in [0.15, 0.2) is 48.5 Å². The molecule has 0 aliphatic heterocycles. The molecule has 0 saturated carbocycles. The Bertz CT molecular complexity index is 729. The second-order valence-electron chi connectivity index (χ2n) is 4.92. The van der Waals surface area contributed by atoms with Crippen molar-refractivity contribution in [1.29, 1.82) is 0 Å². The van der Waals surface area contributed by atoms with Gasteiger partial charge < -0.3 is 14.9 Å². The highest BCUT2D eigenvalue weighted by atomic mass is 32.1. The quantitative estimate of drug-likeness (QED) is 0.430. The number of ether oxygens (including phenoxy) is 1. The lowest BCUT2D eigenvalue weighted by Gasteiger charge is -2.23. The maximum atomic E-state index is 12.3. The maximum absolute atomic E-state index is 12.3. The predicted molar refractivity (Wildman–Crippen MR) is 88.3 cm³/mol. The fourth-order valence-corrected chi connectivity index (χ4v) is 2.08. The molecular formula is C17H16O5S. The molecule has 0 aliphatic carbocycles. The molecule has 0 aromatic heterocycles. The zero-order valence-electron chi connectivity index (χ0n) is 12.4. The number of thiol groups is 1. The summed E-state index contributed by atoms with van der Waals surface area (Å²) < 4.78 is 5.33. The number of aromatic hydroxyl groups is 1. The Morgan fingerprint density at radius 3 is 2.35 bits per heavy atom. The van der Waals surface area contributed by atoms with Gasteiger partial charge in [0.15, 0.2) is 5.78 Å². The standard InChI is InChI=1S/C17H16O5S/c1-2-17(23,16(20)21)22-12-8-9-13(14(18)10-12)15(19)11-6-4-3-5-7-11/h3-10,18,23H,2H2,1H3,(H,20,21). The first-order valence-corrected chi connectivity index (χ1v) is 7.39. The van der Waals surface area contributed by atoms with E-state index in [1.54, 1.807) is 37.3 Å². The van der Waals surface area contributed by atoms with Crippen LogP contribution in [0, 0.1) is 0 Å². The van der Waals surface area contributed by atoms with Gasteiger partial charge in [0.2, 0.25) is 4.93 Å². The van der Waals surface area contributed by atoms with Crippen LogP contribution >= 0.6 is 12.6 Å². The number of carboxylic acid groups (broad SMARTS) is 1. The molecule has 0 aliphatic rings. The third-order valence-corrected chi connectivity index (χ3v) is 3.95. The fraction of sp³-hybridized carbons (Fsp3) is 0.176. The van der Waals surface area contributed by atoms with E-state index in [1.165, 1.54) is 18.2 Å². The minimum absolute atomic E-state index is 0.111. The lowest BCUT2D eigenvalue weighted by atomic mass is 10.0. The van der Waals surface area contributed by atoms with Crippen molar-refractivity contribution < 1.29 is 24.5 Å². The number of ketones is 1. The Labute approximate surface area is 138 Å². The maximum Gasteiger partial charge on any atom is 0.358 e. The molecule has 1 unspecified atom stereocenters. The molecule has 2 N–H and O–H groups in total. The monoisotopic (exact) mass is 332 g/mol. The highest BCUT2D eigenvalue weighted by molar-refractivity contribution is 7.82. The van der Waals surface area contributed by atoms with Gasteiger partial charge in [-0.15, -0.1) is 12.6 Å². The van der Waals surface area contributed by atoms with E-state index in [2.05, 4.69) is 12.6 Å². The van der Waals surface area contributed by atoms with E-state index in [9.17, 15) is 14.7 Å². The summed E-state index contributed by atoms with van der Waals surface area (Å²) in [5, 5.41) is 19.2. The number of rotatable bonds is 6. The number of carbonyl (C=O) groups excluding carboxylic acids is 1. The molecule has 6 heteroatoms. The van der Waals surface area contributed by atoms with Crippen LogP contribution in [0.4, 0.5) is 0 Å².